The first-order valence-electron chi connectivity index (χ1n) is 8.12. The van der Waals surface area contributed by atoms with Crippen molar-refractivity contribution in [2.75, 3.05) is 19.4 Å². The zero-order chi connectivity index (χ0) is 16.7. The maximum atomic E-state index is 12.1. The molecule has 0 aliphatic rings. The van der Waals surface area contributed by atoms with E-state index in [4.69, 9.17) is 0 Å². The molecule has 23 heavy (non-hydrogen) atoms. The van der Waals surface area contributed by atoms with Crippen LogP contribution in [0, 0.1) is 6.92 Å². The van der Waals surface area contributed by atoms with Gasteiger partial charge in [-0.2, -0.15) is 0 Å². The molecule has 2 rings (SSSR count). The van der Waals surface area contributed by atoms with Crippen molar-refractivity contribution in [3.63, 3.8) is 0 Å². The zero-order valence-corrected chi connectivity index (χ0v) is 14.3. The van der Waals surface area contributed by atoms with E-state index >= 15 is 0 Å². The SMILES string of the molecule is Cc1ccc(CCCC(=O)Nc2cccc(CN(C)C)c2)cc1. The van der Waals surface area contributed by atoms with E-state index in [0.717, 1.165) is 25.1 Å². The minimum absolute atomic E-state index is 0.0825. The van der Waals surface area contributed by atoms with Crippen molar-refractivity contribution in [1.29, 1.82) is 0 Å². The van der Waals surface area contributed by atoms with Crippen molar-refractivity contribution in [2.24, 2.45) is 0 Å². The largest absolute Gasteiger partial charge is 0.326 e. The summed E-state index contributed by atoms with van der Waals surface area (Å²) < 4.78 is 0. The molecule has 0 bridgehead atoms. The van der Waals surface area contributed by atoms with E-state index in [2.05, 4.69) is 47.5 Å². The molecule has 0 aliphatic heterocycles. The molecule has 2 aromatic carbocycles. The summed E-state index contributed by atoms with van der Waals surface area (Å²) in [4.78, 5) is 14.2. The Morgan fingerprint density at radius 2 is 1.78 bits per heavy atom. The fourth-order valence-electron chi connectivity index (χ4n) is 2.54. The van der Waals surface area contributed by atoms with Crippen LogP contribution in [0.4, 0.5) is 5.69 Å². The summed E-state index contributed by atoms with van der Waals surface area (Å²) in [6.45, 7) is 2.96. The number of nitrogens with zero attached hydrogens (tertiary/aromatic N) is 1. The fourth-order valence-corrected chi connectivity index (χ4v) is 2.54. The summed E-state index contributed by atoms with van der Waals surface area (Å²) in [6.07, 6.45) is 2.35. The van der Waals surface area contributed by atoms with Crippen LogP contribution in [0.2, 0.25) is 0 Å². The molecular weight excluding hydrogens is 284 g/mol. The molecule has 0 heterocycles. The number of rotatable bonds is 7. The molecule has 0 aliphatic carbocycles. The average molecular weight is 310 g/mol. The number of hydrogen-bond donors (Lipinski definition) is 1. The van der Waals surface area contributed by atoms with E-state index in [0.29, 0.717) is 6.42 Å². The molecule has 0 saturated heterocycles. The minimum atomic E-state index is 0.0825. The Balaban J connectivity index is 1.79. The molecule has 0 fully saturated rings. The van der Waals surface area contributed by atoms with Gasteiger partial charge in [0.15, 0.2) is 0 Å². The van der Waals surface area contributed by atoms with Crippen LogP contribution in [0.1, 0.15) is 29.5 Å². The Hall–Kier alpha value is -2.13. The summed E-state index contributed by atoms with van der Waals surface area (Å²) in [5.74, 6) is 0.0825. The summed E-state index contributed by atoms with van der Waals surface area (Å²) >= 11 is 0. The average Bonchev–Trinajstić information content (AvgIpc) is 2.49. The van der Waals surface area contributed by atoms with Gasteiger partial charge >= 0.3 is 0 Å². The lowest BCUT2D eigenvalue weighted by molar-refractivity contribution is -0.116. The van der Waals surface area contributed by atoms with E-state index < -0.39 is 0 Å². The number of aryl methyl sites for hydroxylation is 2. The van der Waals surface area contributed by atoms with E-state index in [-0.39, 0.29) is 5.91 Å². The van der Waals surface area contributed by atoms with Crippen LogP contribution in [0.5, 0.6) is 0 Å². The Kier molecular flexibility index (Phi) is 6.36. The molecule has 0 aromatic heterocycles. The van der Waals surface area contributed by atoms with Crippen LogP contribution in [-0.2, 0) is 17.8 Å². The van der Waals surface area contributed by atoms with Gasteiger partial charge in [0.05, 0.1) is 0 Å². The number of carbonyl (C=O) groups excluding carboxylic acids is 1. The third-order valence-corrected chi connectivity index (χ3v) is 3.70. The van der Waals surface area contributed by atoms with Crippen LogP contribution in [-0.4, -0.2) is 24.9 Å². The van der Waals surface area contributed by atoms with Gasteiger partial charge in [0, 0.05) is 18.7 Å². The van der Waals surface area contributed by atoms with Gasteiger partial charge in [0.1, 0.15) is 0 Å². The Morgan fingerprint density at radius 1 is 1.04 bits per heavy atom. The van der Waals surface area contributed by atoms with Gasteiger partial charge in [-0.05, 0) is 57.1 Å². The van der Waals surface area contributed by atoms with Crippen molar-refractivity contribution >= 4 is 11.6 Å². The third-order valence-electron chi connectivity index (χ3n) is 3.70. The quantitative estimate of drug-likeness (QED) is 0.838. The Labute approximate surface area is 139 Å². The normalized spacial score (nSPS) is 10.8. The molecule has 0 radical (unpaired) electrons. The van der Waals surface area contributed by atoms with Crippen molar-refractivity contribution in [2.45, 2.75) is 32.7 Å². The van der Waals surface area contributed by atoms with Crippen LogP contribution in [0.25, 0.3) is 0 Å². The second kappa shape index (κ2) is 8.49. The monoisotopic (exact) mass is 310 g/mol. The highest BCUT2D eigenvalue weighted by Crippen LogP contribution is 2.13. The van der Waals surface area contributed by atoms with Gasteiger partial charge in [0.2, 0.25) is 5.91 Å². The third kappa shape index (κ3) is 6.25. The van der Waals surface area contributed by atoms with Gasteiger partial charge in [-0.3, -0.25) is 4.79 Å². The first-order chi connectivity index (χ1) is 11.0. The highest BCUT2D eigenvalue weighted by atomic mass is 16.1. The van der Waals surface area contributed by atoms with Crippen molar-refractivity contribution in [1.82, 2.24) is 4.90 Å². The smallest absolute Gasteiger partial charge is 0.224 e. The second-order valence-electron chi connectivity index (χ2n) is 6.33. The van der Waals surface area contributed by atoms with Crippen molar-refractivity contribution in [3.05, 3.63) is 65.2 Å². The van der Waals surface area contributed by atoms with Crippen LogP contribution >= 0.6 is 0 Å². The lowest BCUT2D eigenvalue weighted by Crippen LogP contribution is -2.13. The minimum Gasteiger partial charge on any atom is -0.326 e. The molecule has 2 aromatic rings. The number of carbonyl (C=O) groups is 1. The molecule has 0 spiro atoms. The van der Waals surface area contributed by atoms with Crippen molar-refractivity contribution in [3.8, 4) is 0 Å². The molecule has 0 unspecified atom stereocenters. The van der Waals surface area contributed by atoms with Gasteiger partial charge in [-0.15, -0.1) is 0 Å². The van der Waals surface area contributed by atoms with Gasteiger partial charge < -0.3 is 10.2 Å². The first kappa shape index (κ1) is 17.2. The van der Waals surface area contributed by atoms with Gasteiger partial charge in [0.25, 0.3) is 0 Å². The fraction of sp³-hybridized carbons (Fsp3) is 0.350. The maximum absolute atomic E-state index is 12.1. The predicted molar refractivity (Wildman–Crippen MR) is 96.6 cm³/mol. The highest BCUT2D eigenvalue weighted by molar-refractivity contribution is 5.90. The standard InChI is InChI=1S/C20H26N2O/c1-16-10-12-17(13-11-16)6-5-9-20(23)21-19-8-4-7-18(14-19)15-22(2)3/h4,7-8,10-14H,5-6,9,15H2,1-3H3,(H,21,23). The summed E-state index contributed by atoms with van der Waals surface area (Å²) in [7, 11) is 4.08. The first-order valence-corrected chi connectivity index (χ1v) is 8.12. The molecule has 3 nitrogen and oxygen atoms in total. The van der Waals surface area contributed by atoms with Crippen molar-refractivity contribution < 1.29 is 4.79 Å². The number of anilines is 1. The zero-order valence-electron chi connectivity index (χ0n) is 14.3. The topological polar surface area (TPSA) is 32.3 Å². The maximum Gasteiger partial charge on any atom is 0.224 e. The number of nitrogens with one attached hydrogen (secondary N) is 1. The van der Waals surface area contributed by atoms with E-state index in [1.807, 2.05) is 32.3 Å². The summed E-state index contributed by atoms with van der Waals surface area (Å²) in [6, 6.07) is 16.6. The molecule has 0 atom stereocenters. The molecule has 1 N–H and O–H groups in total. The van der Waals surface area contributed by atoms with Crippen LogP contribution in [0.15, 0.2) is 48.5 Å². The molecule has 122 valence electrons. The van der Waals surface area contributed by atoms with Crippen LogP contribution < -0.4 is 5.32 Å². The molecular formula is C20H26N2O. The number of amides is 1. The Bertz CT molecular complexity index is 632. The second-order valence-corrected chi connectivity index (χ2v) is 6.33. The summed E-state index contributed by atoms with van der Waals surface area (Å²) in [5.41, 5.74) is 4.64. The molecule has 0 saturated carbocycles. The predicted octanol–water partition coefficient (Wildman–Crippen LogP) is 4.02. The Morgan fingerprint density at radius 3 is 2.48 bits per heavy atom. The number of hydrogen-bond acceptors (Lipinski definition) is 2. The lowest BCUT2D eigenvalue weighted by Gasteiger charge is -2.11. The van der Waals surface area contributed by atoms with E-state index in [1.54, 1.807) is 0 Å². The lowest BCUT2D eigenvalue weighted by atomic mass is 10.1. The van der Waals surface area contributed by atoms with Gasteiger partial charge in [-0.25, -0.2) is 0 Å². The number of benzene rings is 2. The summed E-state index contributed by atoms with van der Waals surface area (Å²) in [5, 5.41) is 2.99. The van der Waals surface area contributed by atoms with Gasteiger partial charge in [-0.1, -0.05) is 42.0 Å². The molecule has 3 heteroatoms. The molecule has 1 amide bonds. The van der Waals surface area contributed by atoms with E-state index in [9.17, 15) is 4.79 Å². The van der Waals surface area contributed by atoms with E-state index in [1.165, 1.54) is 16.7 Å². The van der Waals surface area contributed by atoms with Crippen LogP contribution in [0.3, 0.4) is 0 Å². The highest BCUT2D eigenvalue weighted by Gasteiger charge is 2.04.